The number of carbonyl (C=O) groups excluding carboxylic acids is 1. The summed E-state index contributed by atoms with van der Waals surface area (Å²) in [7, 11) is 0. The minimum Gasteiger partial charge on any atom is -0.399 e. The number of fused-ring (bicyclic) bond motifs is 3. The maximum atomic E-state index is 12.5. The Bertz CT molecular complexity index is 845. The van der Waals surface area contributed by atoms with Crippen molar-refractivity contribution >= 4 is 11.6 Å². The Kier molecular flexibility index (Phi) is 4.11. The third kappa shape index (κ3) is 3.43. The molecule has 3 saturated heterocycles. The molecule has 1 aliphatic carbocycles. The van der Waals surface area contributed by atoms with E-state index < -0.39 is 0 Å². The molecule has 1 saturated carbocycles. The summed E-state index contributed by atoms with van der Waals surface area (Å²) in [6.45, 7) is 2.78. The van der Waals surface area contributed by atoms with Gasteiger partial charge in [-0.2, -0.15) is 0 Å². The van der Waals surface area contributed by atoms with Crippen LogP contribution in [0.25, 0.3) is 11.3 Å². The molecule has 4 unspecified atom stereocenters. The van der Waals surface area contributed by atoms with E-state index in [-0.39, 0.29) is 11.8 Å². The van der Waals surface area contributed by atoms with Crippen LogP contribution in [0.5, 0.6) is 0 Å². The fourth-order valence-corrected chi connectivity index (χ4v) is 4.59. The molecule has 4 heterocycles. The quantitative estimate of drug-likeness (QED) is 0.783. The first-order valence-corrected chi connectivity index (χ1v) is 9.96. The predicted molar refractivity (Wildman–Crippen MR) is 103 cm³/mol. The van der Waals surface area contributed by atoms with Crippen molar-refractivity contribution in [2.45, 2.75) is 44.3 Å². The second kappa shape index (κ2) is 6.64. The van der Waals surface area contributed by atoms with Crippen LogP contribution in [0.1, 0.15) is 25.7 Å². The van der Waals surface area contributed by atoms with Crippen molar-refractivity contribution in [3.05, 3.63) is 30.5 Å². The summed E-state index contributed by atoms with van der Waals surface area (Å²) in [4.78, 5) is 15.0. The standard InChI is InChI=1S/C20H26N6O/c21-15-3-1-2-14(8-15)19-12-26(24-23-19)10-17-9-13-6-7-25(17)11-18(13)20(27)22-16-4-5-16/h1-3,8,12-13,16-18H,4-7,9-11,21H2,(H,22,27). The van der Waals surface area contributed by atoms with Crippen LogP contribution >= 0.6 is 0 Å². The van der Waals surface area contributed by atoms with Crippen molar-refractivity contribution < 1.29 is 4.79 Å². The van der Waals surface area contributed by atoms with Gasteiger partial charge >= 0.3 is 0 Å². The zero-order chi connectivity index (χ0) is 18.4. The first kappa shape index (κ1) is 16.7. The predicted octanol–water partition coefficient (Wildman–Crippen LogP) is 1.52. The zero-order valence-corrected chi connectivity index (χ0v) is 15.4. The second-order valence-electron chi connectivity index (χ2n) is 8.27. The lowest BCUT2D eigenvalue weighted by molar-refractivity contribution is -0.133. The number of anilines is 1. The largest absolute Gasteiger partial charge is 0.399 e. The average molecular weight is 366 g/mol. The summed E-state index contributed by atoms with van der Waals surface area (Å²) in [5, 5.41) is 11.8. The van der Waals surface area contributed by atoms with Gasteiger partial charge in [0.2, 0.25) is 5.91 Å². The van der Waals surface area contributed by atoms with Crippen molar-refractivity contribution in [2.75, 3.05) is 18.8 Å². The van der Waals surface area contributed by atoms with Gasteiger partial charge in [0, 0.05) is 29.9 Å². The number of piperidine rings is 3. The smallest absolute Gasteiger partial charge is 0.224 e. The fourth-order valence-electron chi connectivity index (χ4n) is 4.59. The van der Waals surface area contributed by atoms with E-state index in [2.05, 4.69) is 20.5 Å². The molecular weight excluding hydrogens is 340 g/mol. The fraction of sp³-hybridized carbons (Fsp3) is 0.550. The Hall–Kier alpha value is -2.41. The van der Waals surface area contributed by atoms with Gasteiger partial charge in [-0.25, -0.2) is 0 Å². The molecule has 1 aromatic heterocycles. The Morgan fingerprint density at radius 2 is 2.19 bits per heavy atom. The van der Waals surface area contributed by atoms with E-state index in [1.165, 1.54) is 0 Å². The topological polar surface area (TPSA) is 89.1 Å². The number of hydrogen-bond donors (Lipinski definition) is 2. The van der Waals surface area contributed by atoms with Crippen molar-refractivity contribution in [1.29, 1.82) is 0 Å². The third-order valence-electron chi connectivity index (χ3n) is 6.26. The van der Waals surface area contributed by atoms with Gasteiger partial charge < -0.3 is 11.1 Å². The second-order valence-corrected chi connectivity index (χ2v) is 8.27. The summed E-state index contributed by atoms with van der Waals surface area (Å²) < 4.78 is 1.93. The highest BCUT2D eigenvalue weighted by atomic mass is 16.2. The van der Waals surface area contributed by atoms with Crippen LogP contribution in [-0.4, -0.2) is 51.0 Å². The van der Waals surface area contributed by atoms with E-state index in [0.717, 1.165) is 62.3 Å². The van der Waals surface area contributed by atoms with Crippen LogP contribution in [0.4, 0.5) is 5.69 Å². The molecule has 2 aromatic rings. The van der Waals surface area contributed by atoms with Crippen LogP contribution < -0.4 is 11.1 Å². The highest BCUT2D eigenvalue weighted by Gasteiger charge is 2.44. The number of benzene rings is 1. The monoisotopic (exact) mass is 366 g/mol. The highest BCUT2D eigenvalue weighted by Crippen LogP contribution is 2.37. The van der Waals surface area contributed by atoms with Crippen LogP contribution in [0, 0.1) is 11.8 Å². The van der Waals surface area contributed by atoms with E-state index in [1.54, 1.807) is 0 Å². The molecule has 7 nitrogen and oxygen atoms in total. The van der Waals surface area contributed by atoms with Crippen molar-refractivity contribution in [1.82, 2.24) is 25.2 Å². The summed E-state index contributed by atoms with van der Waals surface area (Å²) in [5.41, 5.74) is 8.44. The maximum absolute atomic E-state index is 12.5. The number of nitrogens with one attached hydrogen (secondary N) is 1. The van der Waals surface area contributed by atoms with E-state index in [0.29, 0.717) is 18.0 Å². The summed E-state index contributed by atoms with van der Waals surface area (Å²) in [6, 6.07) is 8.61. The summed E-state index contributed by atoms with van der Waals surface area (Å²) in [5.74, 6) is 0.931. The molecule has 4 fully saturated rings. The Balaban J connectivity index is 1.24. The van der Waals surface area contributed by atoms with E-state index in [1.807, 2.05) is 35.1 Å². The Morgan fingerprint density at radius 3 is 2.93 bits per heavy atom. The normalized spacial score (nSPS) is 29.6. The molecule has 2 bridgehead atoms. The Labute approximate surface area is 158 Å². The summed E-state index contributed by atoms with van der Waals surface area (Å²) >= 11 is 0. The van der Waals surface area contributed by atoms with Crippen molar-refractivity contribution in [3.8, 4) is 11.3 Å². The third-order valence-corrected chi connectivity index (χ3v) is 6.26. The number of hydrogen-bond acceptors (Lipinski definition) is 5. The zero-order valence-electron chi connectivity index (χ0n) is 15.4. The van der Waals surface area contributed by atoms with Gasteiger partial charge in [-0.1, -0.05) is 17.3 Å². The average Bonchev–Trinajstić information content (AvgIpc) is 3.37. The van der Waals surface area contributed by atoms with E-state index in [9.17, 15) is 4.79 Å². The van der Waals surface area contributed by atoms with Gasteiger partial charge in [-0.15, -0.1) is 5.10 Å². The van der Waals surface area contributed by atoms with Crippen molar-refractivity contribution in [2.24, 2.45) is 11.8 Å². The van der Waals surface area contributed by atoms with Gasteiger partial charge in [0.25, 0.3) is 0 Å². The van der Waals surface area contributed by atoms with Crippen LogP contribution in [0.15, 0.2) is 30.5 Å². The van der Waals surface area contributed by atoms with Gasteiger partial charge in [-0.3, -0.25) is 14.4 Å². The van der Waals surface area contributed by atoms with E-state index in [4.69, 9.17) is 5.73 Å². The van der Waals surface area contributed by atoms with Crippen molar-refractivity contribution in [3.63, 3.8) is 0 Å². The number of nitrogens with zero attached hydrogens (tertiary/aromatic N) is 4. The van der Waals surface area contributed by atoms with Gasteiger partial charge in [0.05, 0.1) is 18.7 Å². The lowest BCUT2D eigenvalue weighted by Crippen LogP contribution is -2.58. The minimum atomic E-state index is 0.161. The number of carbonyl (C=O) groups is 1. The molecule has 3 aliphatic heterocycles. The maximum Gasteiger partial charge on any atom is 0.224 e. The lowest BCUT2D eigenvalue weighted by Gasteiger charge is -2.49. The number of rotatable bonds is 5. The number of nitrogens with two attached hydrogens (primary N) is 1. The molecule has 142 valence electrons. The molecule has 1 aromatic carbocycles. The van der Waals surface area contributed by atoms with Gasteiger partial charge in [0.1, 0.15) is 5.69 Å². The van der Waals surface area contributed by atoms with Gasteiger partial charge in [0.15, 0.2) is 0 Å². The molecule has 1 amide bonds. The van der Waals surface area contributed by atoms with Crippen LogP contribution in [0.2, 0.25) is 0 Å². The van der Waals surface area contributed by atoms with Crippen LogP contribution in [-0.2, 0) is 11.3 Å². The molecule has 27 heavy (non-hydrogen) atoms. The Morgan fingerprint density at radius 1 is 1.30 bits per heavy atom. The molecule has 6 rings (SSSR count). The minimum absolute atomic E-state index is 0.161. The SMILES string of the molecule is Nc1cccc(-c2cn(CC3CC4CCN3CC4C(=O)NC3CC3)nn2)c1. The first-order valence-electron chi connectivity index (χ1n) is 9.96. The molecule has 4 atom stereocenters. The molecule has 7 heteroatoms. The van der Waals surface area contributed by atoms with E-state index >= 15 is 0 Å². The van der Waals surface area contributed by atoms with Gasteiger partial charge in [-0.05, 0) is 50.3 Å². The number of aromatic nitrogens is 3. The molecular formula is C20H26N6O. The lowest BCUT2D eigenvalue weighted by atomic mass is 9.75. The number of nitrogen functional groups attached to an aromatic ring is 1. The first-order chi connectivity index (χ1) is 13.2. The molecule has 0 spiro atoms. The number of amides is 1. The summed E-state index contributed by atoms with van der Waals surface area (Å²) in [6.07, 6.45) is 6.49. The molecule has 0 radical (unpaired) electrons. The highest BCUT2D eigenvalue weighted by molar-refractivity contribution is 5.80. The molecule has 3 N–H and O–H groups in total. The van der Waals surface area contributed by atoms with Crippen LogP contribution in [0.3, 0.4) is 0 Å². The molecule has 4 aliphatic rings.